The monoisotopic (exact) mass is 563 g/mol. The molecule has 2 N–H and O–H groups in total. The fourth-order valence-corrected chi connectivity index (χ4v) is 5.95. The molecule has 0 saturated carbocycles. The summed E-state index contributed by atoms with van der Waals surface area (Å²) in [6.07, 6.45) is -1.86. The first kappa shape index (κ1) is 28.4. The van der Waals surface area contributed by atoms with Crippen LogP contribution in [0.4, 0.5) is 0 Å². The van der Waals surface area contributed by atoms with Crippen molar-refractivity contribution in [3.05, 3.63) is 58.5 Å². The number of hydrogen-bond acceptors (Lipinski definition) is 10. The van der Waals surface area contributed by atoms with Gasteiger partial charge in [-0.25, -0.2) is 4.79 Å². The van der Waals surface area contributed by atoms with Crippen molar-refractivity contribution in [1.29, 1.82) is 0 Å². The Balaban J connectivity index is 1.88. The van der Waals surface area contributed by atoms with Crippen molar-refractivity contribution in [1.82, 2.24) is 4.90 Å². The van der Waals surface area contributed by atoms with Crippen LogP contribution in [0.2, 0.25) is 0 Å². The second-order valence-corrected chi connectivity index (χ2v) is 10.4. The van der Waals surface area contributed by atoms with E-state index in [1.54, 1.807) is 56.3 Å². The number of phenols is 1. The average Bonchev–Trinajstić information content (AvgIpc) is 2.94. The first-order chi connectivity index (χ1) is 19.5. The number of carbonyl (C=O) groups is 1. The lowest BCUT2D eigenvalue weighted by Crippen LogP contribution is -2.60. The number of aromatic hydroxyl groups is 1. The van der Waals surface area contributed by atoms with Gasteiger partial charge in [0.1, 0.15) is 41.1 Å². The van der Waals surface area contributed by atoms with Crippen molar-refractivity contribution >= 4 is 44.6 Å². The Morgan fingerprint density at radius 3 is 2.34 bits per heavy atom. The molecular formula is C31H33NO9. The summed E-state index contributed by atoms with van der Waals surface area (Å²) in [5, 5.41) is 24.6. The molecule has 1 aliphatic rings. The Kier molecular flexibility index (Phi) is 7.41. The number of carbonyl (C=O) groups excluding carboxylic acids is 1. The van der Waals surface area contributed by atoms with E-state index in [9.17, 15) is 19.8 Å². The summed E-state index contributed by atoms with van der Waals surface area (Å²) in [4.78, 5) is 27.1. The van der Waals surface area contributed by atoms with Gasteiger partial charge in [0.2, 0.25) is 0 Å². The maximum absolute atomic E-state index is 13.4. The molecule has 0 unspecified atom stereocenters. The molecule has 3 aromatic carbocycles. The minimum Gasteiger partial charge on any atom is -0.507 e. The van der Waals surface area contributed by atoms with E-state index in [0.717, 1.165) is 0 Å². The second kappa shape index (κ2) is 10.7. The van der Waals surface area contributed by atoms with Crippen LogP contribution in [0.3, 0.4) is 0 Å². The van der Waals surface area contributed by atoms with Crippen molar-refractivity contribution < 1.29 is 38.4 Å². The van der Waals surface area contributed by atoms with Crippen LogP contribution in [0.1, 0.15) is 31.1 Å². The van der Waals surface area contributed by atoms with Crippen molar-refractivity contribution in [2.75, 3.05) is 28.3 Å². The first-order valence-corrected chi connectivity index (χ1v) is 13.1. The Bertz CT molecular complexity index is 1740. The number of likely N-dealkylation sites (N-methyl/N-ethyl adjacent to an activating group) is 1. The number of fused-ring (bicyclic) bond motifs is 5. The number of ether oxygens (including phenoxy) is 4. The summed E-state index contributed by atoms with van der Waals surface area (Å²) in [5.74, 6) is 0.144. The number of esters is 1. The van der Waals surface area contributed by atoms with Gasteiger partial charge in [-0.1, -0.05) is 18.7 Å². The van der Waals surface area contributed by atoms with E-state index in [4.69, 9.17) is 23.4 Å². The molecule has 10 heteroatoms. The van der Waals surface area contributed by atoms with Gasteiger partial charge in [-0.2, -0.15) is 0 Å². The maximum atomic E-state index is 13.4. The largest absolute Gasteiger partial charge is 0.507 e. The van der Waals surface area contributed by atoms with E-state index < -0.39 is 42.1 Å². The molecule has 0 bridgehead atoms. The van der Waals surface area contributed by atoms with Gasteiger partial charge < -0.3 is 38.5 Å². The van der Waals surface area contributed by atoms with Crippen LogP contribution in [-0.2, 0) is 14.3 Å². The van der Waals surface area contributed by atoms with Crippen molar-refractivity contribution in [2.24, 2.45) is 0 Å². The van der Waals surface area contributed by atoms with E-state index in [0.29, 0.717) is 38.8 Å². The summed E-state index contributed by atoms with van der Waals surface area (Å²) in [6.45, 7) is 6.87. The van der Waals surface area contributed by atoms with E-state index in [1.807, 2.05) is 0 Å². The maximum Gasteiger partial charge on any atom is 0.344 e. The third-order valence-electron chi connectivity index (χ3n) is 7.72. The molecule has 10 nitrogen and oxygen atoms in total. The van der Waals surface area contributed by atoms with Gasteiger partial charge in [0, 0.05) is 23.1 Å². The number of nitrogens with zero attached hydrogens (tertiary/aromatic N) is 1. The summed E-state index contributed by atoms with van der Waals surface area (Å²) >= 11 is 0. The van der Waals surface area contributed by atoms with Crippen LogP contribution in [0.5, 0.6) is 17.2 Å². The van der Waals surface area contributed by atoms with Crippen molar-refractivity contribution in [3.63, 3.8) is 0 Å². The lowest BCUT2D eigenvalue weighted by molar-refractivity contribution is -0.212. The summed E-state index contributed by atoms with van der Waals surface area (Å²) in [6, 6.07) is 7.59. The Hall–Kier alpha value is -4.12. The molecule has 2 heterocycles. The molecule has 1 aromatic heterocycles. The lowest BCUT2D eigenvalue weighted by atomic mass is 9.86. The molecule has 41 heavy (non-hydrogen) atoms. The molecule has 5 atom stereocenters. The van der Waals surface area contributed by atoms with Gasteiger partial charge in [0.15, 0.2) is 0 Å². The van der Waals surface area contributed by atoms with Gasteiger partial charge >= 0.3 is 11.6 Å². The number of hydrogen-bond donors (Lipinski definition) is 2. The number of phenolic OH excluding ortho intramolecular Hbond substituents is 1. The number of aliphatic hydroxyl groups is 1. The van der Waals surface area contributed by atoms with Crippen LogP contribution in [0.25, 0.3) is 38.6 Å². The van der Waals surface area contributed by atoms with Crippen LogP contribution in [0.15, 0.2) is 46.1 Å². The topological polar surface area (TPSA) is 128 Å². The van der Waals surface area contributed by atoms with Crippen molar-refractivity contribution in [3.8, 4) is 17.2 Å². The number of aliphatic hydroxyl groups excluding tert-OH is 1. The predicted molar refractivity (Wildman–Crippen MR) is 155 cm³/mol. The SMILES string of the molecule is C=Cc1cc(OC)c2c(c1)c(=O)oc1c2cc(OC)c2c(O)ccc([C@@H]3O[C@@H](C)[C@H](OC(C)=O)[C@@H](N(C)C)[C@@H]3O)c21. The highest BCUT2D eigenvalue weighted by molar-refractivity contribution is 6.19. The molecule has 1 aliphatic heterocycles. The molecule has 0 amide bonds. The standard InChI is InChI=1S/C31H33NO9/c1-8-16-11-19-23(21(12-16)37-6)18-13-22(38-7)25-20(34)10-9-17(24(25)29(18)41-31(19)36)30-27(35)26(32(4)5)28(14(2)39-30)40-15(3)33/h8-14,26-28,30,34-35H,1H2,2-7H3/t14-,26-,27-,28-,30-/m0/s1. The van der Waals surface area contributed by atoms with Crippen LogP contribution < -0.4 is 15.1 Å². The van der Waals surface area contributed by atoms with Gasteiger partial charge in [-0.05, 0) is 56.4 Å². The number of benzene rings is 3. The second-order valence-electron chi connectivity index (χ2n) is 10.4. The Morgan fingerprint density at radius 2 is 1.73 bits per heavy atom. The molecule has 0 radical (unpaired) electrons. The quantitative estimate of drug-likeness (QED) is 0.201. The van der Waals surface area contributed by atoms with E-state index in [1.165, 1.54) is 27.2 Å². The van der Waals surface area contributed by atoms with Gasteiger partial charge in [-0.3, -0.25) is 4.79 Å². The Labute approximate surface area is 236 Å². The predicted octanol–water partition coefficient (Wildman–Crippen LogP) is 4.15. The Morgan fingerprint density at radius 1 is 1.05 bits per heavy atom. The normalized spacial score (nSPS) is 22.8. The minimum atomic E-state index is -1.17. The smallest absolute Gasteiger partial charge is 0.344 e. The van der Waals surface area contributed by atoms with Gasteiger partial charge in [-0.15, -0.1) is 0 Å². The molecule has 216 valence electrons. The first-order valence-electron chi connectivity index (χ1n) is 13.1. The van der Waals surface area contributed by atoms with Crippen molar-refractivity contribution in [2.45, 2.75) is 44.3 Å². The summed E-state index contributed by atoms with van der Waals surface area (Å²) in [7, 11) is 6.54. The summed E-state index contributed by atoms with van der Waals surface area (Å²) < 4.78 is 29.2. The van der Waals surface area contributed by atoms with E-state index in [2.05, 4.69) is 6.58 Å². The molecular weight excluding hydrogens is 530 g/mol. The summed E-state index contributed by atoms with van der Waals surface area (Å²) in [5.41, 5.74) is 0.686. The lowest BCUT2D eigenvalue weighted by Gasteiger charge is -2.46. The number of methoxy groups -OCH3 is 2. The molecule has 0 aliphatic carbocycles. The number of rotatable bonds is 6. The van der Waals surface area contributed by atoms with Crippen LogP contribution in [0, 0.1) is 0 Å². The average molecular weight is 564 g/mol. The third kappa shape index (κ3) is 4.57. The highest BCUT2D eigenvalue weighted by Crippen LogP contribution is 2.47. The van der Waals surface area contributed by atoms with E-state index >= 15 is 0 Å². The molecule has 4 aromatic rings. The highest BCUT2D eigenvalue weighted by Gasteiger charge is 2.47. The zero-order valence-electron chi connectivity index (χ0n) is 23.8. The van der Waals surface area contributed by atoms with Gasteiger partial charge in [0.05, 0.1) is 37.1 Å². The van der Waals surface area contributed by atoms with Gasteiger partial charge in [0.25, 0.3) is 0 Å². The third-order valence-corrected chi connectivity index (χ3v) is 7.72. The minimum absolute atomic E-state index is 0.112. The molecule has 5 rings (SSSR count). The molecule has 0 spiro atoms. The molecule has 1 fully saturated rings. The zero-order chi connectivity index (χ0) is 29.7. The highest BCUT2D eigenvalue weighted by atomic mass is 16.6. The molecule has 1 saturated heterocycles. The van der Waals surface area contributed by atoms with E-state index in [-0.39, 0.29) is 22.1 Å². The van der Waals surface area contributed by atoms with Crippen LogP contribution >= 0.6 is 0 Å². The fraction of sp³-hybridized carbons (Fsp3) is 0.355. The van der Waals surface area contributed by atoms with Crippen LogP contribution in [-0.4, -0.2) is 73.8 Å². The zero-order valence-corrected chi connectivity index (χ0v) is 23.8. The fourth-order valence-electron chi connectivity index (χ4n) is 5.95.